The fourth-order valence-corrected chi connectivity index (χ4v) is 5.53. The van der Waals surface area contributed by atoms with Crippen LogP contribution < -0.4 is 9.46 Å². The summed E-state index contributed by atoms with van der Waals surface area (Å²) in [5.41, 5.74) is 3.77. The first-order valence-electron chi connectivity index (χ1n) is 11.2. The van der Waals surface area contributed by atoms with E-state index in [-0.39, 0.29) is 11.4 Å². The standard InChI is InChI=1S/C25H27FN2O3S/c1-2-28-9-3-4-15(13-28)10-16-11-18(26)5-8-22(16)32-27-21-7-6-19-20-12-17(20)14-31-24(19)23(21)25(29)30/h5-8,10-11,17,20,27H,2-4,9,12-14H2,1H3,(H,29,30)/b15-10+/t17-,20?/m0/s1. The first-order valence-corrected chi connectivity index (χ1v) is 12.0. The third-order valence-corrected chi connectivity index (χ3v) is 7.53. The van der Waals surface area contributed by atoms with Crippen molar-refractivity contribution in [2.45, 2.75) is 37.0 Å². The molecule has 7 heteroatoms. The van der Waals surface area contributed by atoms with Gasteiger partial charge in [-0.1, -0.05) is 24.6 Å². The van der Waals surface area contributed by atoms with Crippen molar-refractivity contribution in [1.82, 2.24) is 4.90 Å². The molecule has 2 aromatic rings. The van der Waals surface area contributed by atoms with Crippen LogP contribution in [-0.4, -0.2) is 42.2 Å². The number of anilines is 1. The van der Waals surface area contributed by atoms with Crippen molar-refractivity contribution in [2.24, 2.45) is 5.92 Å². The van der Waals surface area contributed by atoms with E-state index in [0.717, 1.165) is 54.9 Å². The number of benzene rings is 2. The van der Waals surface area contributed by atoms with Gasteiger partial charge in [0.15, 0.2) is 0 Å². The smallest absolute Gasteiger partial charge is 0.341 e. The molecule has 2 fully saturated rings. The Hall–Kier alpha value is -2.51. The quantitative estimate of drug-likeness (QED) is 0.551. The number of carboxylic acid groups (broad SMARTS) is 1. The molecule has 3 aliphatic rings. The number of carboxylic acids is 1. The van der Waals surface area contributed by atoms with Gasteiger partial charge in [-0.15, -0.1) is 0 Å². The number of aromatic carboxylic acids is 1. The van der Waals surface area contributed by atoms with Gasteiger partial charge in [0.1, 0.15) is 17.1 Å². The summed E-state index contributed by atoms with van der Waals surface area (Å²) < 4.78 is 23.1. The average molecular weight is 455 g/mol. The van der Waals surface area contributed by atoms with Gasteiger partial charge in [-0.3, -0.25) is 4.90 Å². The van der Waals surface area contributed by atoms with Gasteiger partial charge in [-0.25, -0.2) is 9.18 Å². The molecule has 0 bridgehead atoms. The van der Waals surface area contributed by atoms with Gasteiger partial charge in [0.2, 0.25) is 0 Å². The maximum absolute atomic E-state index is 14.0. The molecule has 2 aliphatic heterocycles. The van der Waals surface area contributed by atoms with E-state index in [2.05, 4.69) is 22.6 Å². The zero-order valence-corrected chi connectivity index (χ0v) is 18.9. The lowest BCUT2D eigenvalue weighted by atomic mass is 10.0. The third kappa shape index (κ3) is 4.24. The summed E-state index contributed by atoms with van der Waals surface area (Å²) in [6.45, 7) is 5.74. The summed E-state index contributed by atoms with van der Waals surface area (Å²) in [5.74, 6) is 0.150. The van der Waals surface area contributed by atoms with Crippen molar-refractivity contribution in [3.8, 4) is 5.75 Å². The molecular formula is C25H27FN2O3S. The van der Waals surface area contributed by atoms with Crippen molar-refractivity contribution in [3.63, 3.8) is 0 Å². The molecule has 2 aromatic carbocycles. The SMILES string of the molecule is CCN1CCC/C(=C\c2cc(F)ccc2SNc2ccc3c(c2C(=O)O)OC[C@@H]2CC32)C1. The predicted molar refractivity (Wildman–Crippen MR) is 125 cm³/mol. The Morgan fingerprint density at radius 2 is 2.25 bits per heavy atom. The first kappa shape index (κ1) is 21.3. The highest BCUT2D eigenvalue weighted by atomic mass is 32.2. The second-order valence-corrected chi connectivity index (χ2v) is 9.63. The molecular weight excluding hydrogens is 427 g/mol. The van der Waals surface area contributed by atoms with E-state index in [1.54, 1.807) is 12.1 Å². The lowest BCUT2D eigenvalue weighted by Gasteiger charge is -2.27. The molecule has 5 rings (SSSR count). The molecule has 2 heterocycles. The van der Waals surface area contributed by atoms with E-state index in [4.69, 9.17) is 4.74 Å². The first-order chi connectivity index (χ1) is 15.5. The Balaban J connectivity index is 1.40. The van der Waals surface area contributed by atoms with Gasteiger partial charge in [-0.2, -0.15) is 0 Å². The molecule has 2 N–H and O–H groups in total. The summed E-state index contributed by atoms with van der Waals surface area (Å²) in [5, 5.41) is 9.88. The van der Waals surface area contributed by atoms with E-state index in [9.17, 15) is 14.3 Å². The van der Waals surface area contributed by atoms with Crippen molar-refractivity contribution in [3.05, 3.63) is 58.4 Å². The average Bonchev–Trinajstić information content (AvgIpc) is 3.58. The molecule has 2 atom stereocenters. The molecule has 32 heavy (non-hydrogen) atoms. The molecule has 168 valence electrons. The molecule has 0 spiro atoms. The van der Waals surface area contributed by atoms with Crippen LogP contribution in [0.1, 0.15) is 53.6 Å². The Morgan fingerprint density at radius 3 is 3.06 bits per heavy atom. The lowest BCUT2D eigenvalue weighted by Crippen LogP contribution is -2.30. The lowest BCUT2D eigenvalue weighted by molar-refractivity contribution is 0.0692. The maximum atomic E-state index is 14.0. The minimum atomic E-state index is -1.01. The largest absolute Gasteiger partial charge is 0.492 e. The monoisotopic (exact) mass is 454 g/mol. The van der Waals surface area contributed by atoms with Crippen LogP contribution in [0.5, 0.6) is 5.75 Å². The number of piperidine rings is 1. The minimum Gasteiger partial charge on any atom is -0.492 e. The summed E-state index contributed by atoms with van der Waals surface area (Å²) in [6, 6.07) is 8.52. The summed E-state index contributed by atoms with van der Waals surface area (Å²) in [7, 11) is 0. The van der Waals surface area contributed by atoms with Gasteiger partial charge in [-0.05, 0) is 85.6 Å². The number of hydrogen-bond acceptors (Lipinski definition) is 5. The van der Waals surface area contributed by atoms with Gasteiger partial charge in [0, 0.05) is 17.4 Å². The summed E-state index contributed by atoms with van der Waals surface area (Å²) >= 11 is 1.30. The number of likely N-dealkylation sites (tertiary alicyclic amines) is 1. The highest BCUT2D eigenvalue weighted by molar-refractivity contribution is 8.00. The minimum absolute atomic E-state index is 0.174. The summed E-state index contributed by atoms with van der Waals surface area (Å²) in [6.07, 6.45) is 5.26. The van der Waals surface area contributed by atoms with E-state index in [0.29, 0.717) is 29.9 Å². The van der Waals surface area contributed by atoms with E-state index < -0.39 is 5.97 Å². The fraction of sp³-hybridized carbons (Fsp3) is 0.400. The van der Waals surface area contributed by atoms with Gasteiger partial charge in [0.25, 0.3) is 0 Å². The zero-order valence-electron chi connectivity index (χ0n) is 18.1. The normalized spacial score (nSPS) is 23.2. The number of carbonyl (C=O) groups is 1. The number of halogens is 1. The van der Waals surface area contributed by atoms with Crippen LogP contribution in [0.15, 0.2) is 40.8 Å². The van der Waals surface area contributed by atoms with Crippen molar-refractivity contribution < 1.29 is 19.0 Å². The number of fused-ring (bicyclic) bond motifs is 3. The molecule has 1 saturated carbocycles. The van der Waals surface area contributed by atoms with E-state index in [1.807, 2.05) is 12.1 Å². The van der Waals surface area contributed by atoms with Gasteiger partial charge >= 0.3 is 5.97 Å². The Kier molecular flexibility index (Phi) is 5.86. The van der Waals surface area contributed by atoms with Crippen LogP contribution >= 0.6 is 11.9 Å². The Morgan fingerprint density at radius 1 is 1.38 bits per heavy atom. The number of nitrogens with one attached hydrogen (secondary N) is 1. The van der Waals surface area contributed by atoms with Crippen LogP contribution in [0.2, 0.25) is 0 Å². The topological polar surface area (TPSA) is 61.8 Å². The van der Waals surface area contributed by atoms with Crippen LogP contribution in [0, 0.1) is 11.7 Å². The molecule has 5 nitrogen and oxygen atoms in total. The van der Waals surface area contributed by atoms with Crippen LogP contribution in [0.25, 0.3) is 6.08 Å². The fourth-order valence-electron chi connectivity index (χ4n) is 4.76. The number of hydrogen-bond donors (Lipinski definition) is 2. The summed E-state index contributed by atoms with van der Waals surface area (Å²) in [4.78, 5) is 15.3. The third-order valence-electron chi connectivity index (χ3n) is 6.61. The molecule has 0 amide bonds. The van der Waals surface area contributed by atoms with Gasteiger partial charge in [0.05, 0.1) is 12.3 Å². The second-order valence-electron chi connectivity index (χ2n) is 8.79. The number of likely N-dealkylation sites (N-methyl/N-ethyl adjacent to an activating group) is 1. The van der Waals surface area contributed by atoms with Crippen molar-refractivity contribution in [1.29, 1.82) is 0 Å². The molecule has 1 unspecified atom stereocenters. The molecule has 1 saturated heterocycles. The van der Waals surface area contributed by atoms with Gasteiger partial charge < -0.3 is 14.6 Å². The Labute approximate surface area is 191 Å². The highest BCUT2D eigenvalue weighted by Gasteiger charge is 2.45. The van der Waals surface area contributed by atoms with E-state index >= 15 is 0 Å². The van der Waals surface area contributed by atoms with Crippen LogP contribution in [0.3, 0.4) is 0 Å². The number of ether oxygens (including phenoxy) is 1. The second kappa shape index (κ2) is 8.79. The molecule has 0 aromatic heterocycles. The molecule has 1 aliphatic carbocycles. The zero-order chi connectivity index (χ0) is 22.2. The van der Waals surface area contributed by atoms with Crippen molar-refractivity contribution in [2.75, 3.05) is 31.0 Å². The van der Waals surface area contributed by atoms with Crippen LogP contribution in [0.4, 0.5) is 10.1 Å². The van der Waals surface area contributed by atoms with Crippen molar-refractivity contribution >= 4 is 29.7 Å². The predicted octanol–water partition coefficient (Wildman–Crippen LogP) is 5.64. The maximum Gasteiger partial charge on any atom is 0.341 e. The van der Waals surface area contributed by atoms with E-state index in [1.165, 1.54) is 23.6 Å². The number of nitrogens with zero attached hydrogens (tertiary/aromatic N) is 1. The highest BCUT2D eigenvalue weighted by Crippen LogP contribution is 2.55. The van der Waals surface area contributed by atoms with Crippen LogP contribution in [-0.2, 0) is 0 Å². The molecule has 0 radical (unpaired) electrons. The number of rotatable bonds is 6. The Bertz CT molecular complexity index is 1090.